The molecule has 60 valence electrons. The van der Waals surface area contributed by atoms with E-state index in [2.05, 4.69) is 9.47 Å². The lowest BCUT2D eigenvalue weighted by atomic mass is 10.1. The van der Waals surface area contributed by atoms with E-state index < -0.39 is 6.29 Å². The number of rotatable bonds is 0. The molecular formula is C7H6F2O2. The van der Waals surface area contributed by atoms with E-state index in [1.165, 1.54) is 0 Å². The summed E-state index contributed by atoms with van der Waals surface area (Å²) >= 11 is 0. The molecule has 1 aliphatic carbocycles. The molecule has 0 radical (unpaired) electrons. The third kappa shape index (κ3) is 1.08. The molecule has 0 aromatic heterocycles. The predicted octanol–water partition coefficient (Wildman–Crippen LogP) is 2.15. The maximum atomic E-state index is 12.3. The van der Waals surface area contributed by atoms with E-state index in [4.69, 9.17) is 0 Å². The largest absolute Gasteiger partial charge is 0.586 e. The first-order valence-corrected chi connectivity index (χ1v) is 3.34. The summed E-state index contributed by atoms with van der Waals surface area (Å²) < 4.78 is 33.0. The van der Waals surface area contributed by atoms with Crippen molar-refractivity contribution in [2.45, 2.75) is 19.1 Å². The monoisotopic (exact) mass is 160 g/mol. The number of fused-ring (bicyclic) bond motifs is 1. The minimum atomic E-state index is -3.46. The molecule has 2 nitrogen and oxygen atoms in total. The molecule has 1 heterocycles. The highest BCUT2D eigenvalue weighted by atomic mass is 19.3. The summed E-state index contributed by atoms with van der Waals surface area (Å²) in [5.74, 6) is 0.336. The molecule has 0 amide bonds. The van der Waals surface area contributed by atoms with Crippen molar-refractivity contribution in [3.05, 3.63) is 23.7 Å². The van der Waals surface area contributed by atoms with E-state index in [1.54, 1.807) is 12.2 Å². The maximum absolute atomic E-state index is 12.3. The van der Waals surface area contributed by atoms with Gasteiger partial charge in [-0.2, -0.15) is 0 Å². The fourth-order valence-corrected chi connectivity index (χ4v) is 1.09. The Bertz CT molecular complexity index is 219. The van der Waals surface area contributed by atoms with Gasteiger partial charge in [0, 0.05) is 0 Å². The molecule has 1 fully saturated rings. The molecule has 0 bridgehead atoms. The van der Waals surface area contributed by atoms with Gasteiger partial charge in [-0.25, -0.2) is 0 Å². The molecule has 0 spiro atoms. The standard InChI is InChI=1S/C7H6F2O2/c8-7(9)10-5-3-1-2-4-6(5)11-7/h3-4H,1-2H2. The molecule has 2 rings (SSSR count). The zero-order valence-corrected chi connectivity index (χ0v) is 5.64. The molecule has 0 saturated carbocycles. The van der Waals surface area contributed by atoms with Gasteiger partial charge in [0.2, 0.25) is 0 Å². The summed E-state index contributed by atoms with van der Waals surface area (Å²) in [6.45, 7) is 0. The molecule has 0 aromatic rings. The second-order valence-corrected chi connectivity index (χ2v) is 2.38. The van der Waals surface area contributed by atoms with Crippen LogP contribution in [0.3, 0.4) is 0 Å². The van der Waals surface area contributed by atoms with Crippen molar-refractivity contribution >= 4 is 0 Å². The Morgan fingerprint density at radius 3 is 2.00 bits per heavy atom. The molecule has 11 heavy (non-hydrogen) atoms. The normalized spacial score (nSPS) is 26.0. The van der Waals surface area contributed by atoms with Crippen LogP contribution in [-0.4, -0.2) is 6.29 Å². The highest BCUT2D eigenvalue weighted by Crippen LogP contribution is 2.38. The topological polar surface area (TPSA) is 18.5 Å². The summed E-state index contributed by atoms with van der Waals surface area (Å²) in [5, 5.41) is 0. The van der Waals surface area contributed by atoms with E-state index in [0.717, 1.165) is 12.8 Å². The van der Waals surface area contributed by atoms with Gasteiger partial charge in [0.25, 0.3) is 0 Å². The van der Waals surface area contributed by atoms with Crippen LogP contribution in [0.4, 0.5) is 8.78 Å². The van der Waals surface area contributed by atoms with Gasteiger partial charge >= 0.3 is 6.29 Å². The van der Waals surface area contributed by atoms with Crippen molar-refractivity contribution in [3.63, 3.8) is 0 Å². The number of hydrogen-bond donors (Lipinski definition) is 0. The summed E-state index contributed by atoms with van der Waals surface area (Å²) in [4.78, 5) is 0. The first-order valence-electron chi connectivity index (χ1n) is 3.34. The number of alkyl halides is 2. The van der Waals surface area contributed by atoms with Crippen LogP contribution in [0.25, 0.3) is 0 Å². The van der Waals surface area contributed by atoms with Crippen molar-refractivity contribution < 1.29 is 18.3 Å². The van der Waals surface area contributed by atoms with Gasteiger partial charge in [-0.15, -0.1) is 8.78 Å². The van der Waals surface area contributed by atoms with Crippen LogP contribution >= 0.6 is 0 Å². The van der Waals surface area contributed by atoms with Crippen LogP contribution in [0.2, 0.25) is 0 Å². The fraction of sp³-hybridized carbons (Fsp3) is 0.429. The third-order valence-electron chi connectivity index (χ3n) is 1.53. The van der Waals surface area contributed by atoms with Gasteiger partial charge < -0.3 is 9.47 Å². The van der Waals surface area contributed by atoms with E-state index in [1.807, 2.05) is 0 Å². The number of allylic oxidation sites excluding steroid dienone is 2. The van der Waals surface area contributed by atoms with Crippen molar-refractivity contribution in [2.24, 2.45) is 0 Å². The van der Waals surface area contributed by atoms with E-state index in [0.29, 0.717) is 0 Å². The smallest absolute Gasteiger partial charge is 0.396 e. The van der Waals surface area contributed by atoms with Crippen molar-refractivity contribution in [1.29, 1.82) is 0 Å². The van der Waals surface area contributed by atoms with Gasteiger partial charge in [-0.1, -0.05) is 0 Å². The Morgan fingerprint density at radius 2 is 1.55 bits per heavy atom. The molecule has 1 aliphatic heterocycles. The number of halogens is 2. The molecule has 4 heteroatoms. The number of hydrogen-bond acceptors (Lipinski definition) is 2. The van der Waals surface area contributed by atoms with E-state index in [9.17, 15) is 8.78 Å². The Morgan fingerprint density at radius 1 is 1.09 bits per heavy atom. The molecular weight excluding hydrogens is 154 g/mol. The van der Waals surface area contributed by atoms with Crippen molar-refractivity contribution in [3.8, 4) is 0 Å². The lowest BCUT2D eigenvalue weighted by Gasteiger charge is -2.02. The fourth-order valence-electron chi connectivity index (χ4n) is 1.09. The van der Waals surface area contributed by atoms with Gasteiger partial charge in [0.1, 0.15) is 0 Å². The third-order valence-corrected chi connectivity index (χ3v) is 1.53. The van der Waals surface area contributed by atoms with Crippen LogP contribution in [0.5, 0.6) is 0 Å². The average Bonchev–Trinajstić information content (AvgIpc) is 2.21. The highest BCUT2D eigenvalue weighted by molar-refractivity contribution is 5.26. The second-order valence-electron chi connectivity index (χ2n) is 2.38. The van der Waals surface area contributed by atoms with Gasteiger partial charge in [-0.05, 0) is 25.0 Å². The quantitative estimate of drug-likeness (QED) is 0.540. The summed E-state index contributed by atoms with van der Waals surface area (Å²) in [6, 6.07) is 0. The zero-order chi connectivity index (χ0) is 7.90. The Kier molecular flexibility index (Phi) is 1.19. The minimum absolute atomic E-state index is 0.168. The second kappa shape index (κ2) is 1.96. The van der Waals surface area contributed by atoms with Gasteiger partial charge in [-0.3, -0.25) is 0 Å². The predicted molar refractivity (Wildman–Crippen MR) is 32.5 cm³/mol. The average molecular weight is 160 g/mol. The summed E-state index contributed by atoms with van der Waals surface area (Å²) in [5.41, 5.74) is 0. The Labute approximate surface area is 62.1 Å². The van der Waals surface area contributed by atoms with Crippen LogP contribution in [0.1, 0.15) is 12.8 Å². The van der Waals surface area contributed by atoms with E-state index >= 15 is 0 Å². The molecule has 0 aromatic carbocycles. The maximum Gasteiger partial charge on any atom is 0.586 e. The van der Waals surface area contributed by atoms with Gasteiger partial charge in [0.15, 0.2) is 11.5 Å². The summed E-state index contributed by atoms with van der Waals surface area (Å²) in [7, 11) is 0. The molecule has 0 atom stereocenters. The van der Waals surface area contributed by atoms with Crippen LogP contribution in [0.15, 0.2) is 23.7 Å². The Balaban J connectivity index is 2.29. The first kappa shape index (κ1) is 6.64. The Hall–Kier alpha value is -1.06. The van der Waals surface area contributed by atoms with Crippen LogP contribution < -0.4 is 0 Å². The molecule has 1 saturated heterocycles. The van der Waals surface area contributed by atoms with Crippen LogP contribution in [-0.2, 0) is 9.47 Å². The lowest BCUT2D eigenvalue weighted by molar-refractivity contribution is -0.326. The molecule has 2 aliphatic rings. The lowest BCUT2D eigenvalue weighted by Crippen LogP contribution is -2.14. The minimum Gasteiger partial charge on any atom is -0.396 e. The molecule has 0 unspecified atom stereocenters. The van der Waals surface area contributed by atoms with Crippen LogP contribution in [0, 0.1) is 0 Å². The van der Waals surface area contributed by atoms with Crippen molar-refractivity contribution in [1.82, 2.24) is 0 Å². The zero-order valence-electron chi connectivity index (χ0n) is 5.64. The van der Waals surface area contributed by atoms with E-state index in [-0.39, 0.29) is 11.5 Å². The number of ether oxygens (including phenoxy) is 2. The van der Waals surface area contributed by atoms with Crippen molar-refractivity contribution in [2.75, 3.05) is 0 Å². The summed E-state index contributed by atoms with van der Waals surface area (Å²) in [6.07, 6.45) is 1.23. The van der Waals surface area contributed by atoms with Gasteiger partial charge in [0.05, 0.1) is 0 Å². The SMILES string of the molecule is FC1(F)OC2=CCCC=C2O1. The first-order chi connectivity index (χ1) is 5.17. The molecule has 0 N–H and O–H groups in total. The highest BCUT2D eigenvalue weighted by Gasteiger charge is 2.45.